The average Bonchev–Trinajstić information content (AvgIpc) is 2.97. The smallest absolute Gasteiger partial charge is 0.250 e. The Morgan fingerprint density at radius 3 is 3.00 bits per heavy atom. The molecule has 0 bridgehead atoms. The maximum atomic E-state index is 11.7. The van der Waals surface area contributed by atoms with Gasteiger partial charge in [-0.05, 0) is 37.4 Å². The molecule has 104 valence electrons. The summed E-state index contributed by atoms with van der Waals surface area (Å²) in [6, 6.07) is 6.07. The molecule has 0 amide bonds. The largest absolute Gasteiger partial charge is 0.316 e. The Bertz CT molecular complexity index is 484. The summed E-state index contributed by atoms with van der Waals surface area (Å²) in [6.45, 7) is 7.62. The molecule has 3 unspecified atom stereocenters. The summed E-state index contributed by atoms with van der Waals surface area (Å²) in [5.74, 6) is 1.63. The van der Waals surface area contributed by atoms with Gasteiger partial charge in [-0.1, -0.05) is 13.0 Å². The van der Waals surface area contributed by atoms with Crippen LogP contribution in [0.4, 0.5) is 0 Å². The van der Waals surface area contributed by atoms with Gasteiger partial charge in [0.2, 0.25) is 0 Å². The Balaban J connectivity index is 1.64. The lowest BCUT2D eigenvalue weighted by atomic mass is 9.93. The fourth-order valence-corrected chi connectivity index (χ4v) is 3.81. The maximum absolute atomic E-state index is 11.7. The molecule has 2 saturated heterocycles. The van der Waals surface area contributed by atoms with E-state index < -0.39 is 0 Å². The second-order valence-corrected chi connectivity index (χ2v) is 5.78. The van der Waals surface area contributed by atoms with Gasteiger partial charge in [0.25, 0.3) is 5.56 Å². The summed E-state index contributed by atoms with van der Waals surface area (Å²) in [4.78, 5) is 14.3. The fourth-order valence-electron chi connectivity index (χ4n) is 3.81. The van der Waals surface area contributed by atoms with Crippen LogP contribution in [-0.2, 0) is 6.54 Å². The topological polar surface area (TPSA) is 37.3 Å². The molecule has 3 atom stereocenters. The average molecular weight is 261 g/mol. The highest BCUT2D eigenvalue weighted by molar-refractivity contribution is 4.98. The zero-order chi connectivity index (χ0) is 13.2. The Morgan fingerprint density at radius 1 is 1.32 bits per heavy atom. The van der Waals surface area contributed by atoms with Crippen molar-refractivity contribution < 1.29 is 0 Å². The maximum Gasteiger partial charge on any atom is 0.250 e. The van der Waals surface area contributed by atoms with Crippen LogP contribution >= 0.6 is 0 Å². The van der Waals surface area contributed by atoms with E-state index in [4.69, 9.17) is 0 Å². The fraction of sp³-hybridized carbons (Fsp3) is 0.667. The third-order valence-electron chi connectivity index (χ3n) is 4.77. The van der Waals surface area contributed by atoms with Gasteiger partial charge in [0, 0.05) is 37.9 Å². The number of hydrogen-bond acceptors (Lipinski definition) is 3. The Morgan fingerprint density at radius 2 is 2.21 bits per heavy atom. The summed E-state index contributed by atoms with van der Waals surface area (Å²) in [6.07, 6.45) is 3.11. The number of likely N-dealkylation sites (tertiary alicyclic amines) is 1. The van der Waals surface area contributed by atoms with Gasteiger partial charge in [-0.3, -0.25) is 9.69 Å². The number of nitrogens with one attached hydrogen (secondary N) is 1. The molecule has 0 aromatic carbocycles. The minimum absolute atomic E-state index is 0.108. The standard InChI is InChI=1S/C15H23N3O/c1-2-14-13-10-16-9-12(13)11-18(14)8-7-17-6-4-3-5-15(17)19/h3-6,12-14,16H,2,7-11H2,1H3. The van der Waals surface area contributed by atoms with Crippen molar-refractivity contribution in [1.82, 2.24) is 14.8 Å². The second-order valence-electron chi connectivity index (χ2n) is 5.78. The SMILES string of the molecule is CCC1C2CNCC2CN1CCn1ccccc1=O. The molecule has 19 heavy (non-hydrogen) atoms. The van der Waals surface area contributed by atoms with E-state index in [1.807, 2.05) is 16.8 Å². The Hall–Kier alpha value is -1.13. The number of hydrogen-bond donors (Lipinski definition) is 1. The van der Waals surface area contributed by atoms with Crippen LogP contribution in [0.25, 0.3) is 0 Å². The molecule has 1 aromatic heterocycles. The highest BCUT2D eigenvalue weighted by Gasteiger charge is 2.42. The summed E-state index contributed by atoms with van der Waals surface area (Å²) < 4.78 is 1.82. The van der Waals surface area contributed by atoms with Crippen LogP contribution in [0.2, 0.25) is 0 Å². The summed E-state index contributed by atoms with van der Waals surface area (Å²) >= 11 is 0. The van der Waals surface area contributed by atoms with E-state index in [-0.39, 0.29) is 5.56 Å². The lowest BCUT2D eigenvalue weighted by Gasteiger charge is -2.26. The van der Waals surface area contributed by atoms with Gasteiger partial charge in [0.1, 0.15) is 0 Å². The predicted molar refractivity (Wildman–Crippen MR) is 76.2 cm³/mol. The van der Waals surface area contributed by atoms with E-state index in [1.165, 1.54) is 26.1 Å². The van der Waals surface area contributed by atoms with Crippen LogP contribution < -0.4 is 10.9 Å². The van der Waals surface area contributed by atoms with Gasteiger partial charge in [0.05, 0.1) is 0 Å². The molecule has 2 fully saturated rings. The number of aromatic nitrogens is 1. The number of nitrogens with zero attached hydrogens (tertiary/aromatic N) is 2. The van der Waals surface area contributed by atoms with Crippen LogP contribution in [-0.4, -0.2) is 41.7 Å². The van der Waals surface area contributed by atoms with Crippen molar-refractivity contribution in [3.63, 3.8) is 0 Å². The summed E-state index contributed by atoms with van der Waals surface area (Å²) in [7, 11) is 0. The number of pyridine rings is 1. The van der Waals surface area contributed by atoms with E-state index >= 15 is 0 Å². The van der Waals surface area contributed by atoms with Gasteiger partial charge < -0.3 is 9.88 Å². The molecule has 4 nitrogen and oxygen atoms in total. The molecular weight excluding hydrogens is 238 g/mol. The van der Waals surface area contributed by atoms with Crippen molar-refractivity contribution in [3.05, 3.63) is 34.7 Å². The van der Waals surface area contributed by atoms with E-state index in [0.29, 0.717) is 6.04 Å². The molecule has 1 N–H and O–H groups in total. The molecular formula is C15H23N3O. The first-order valence-electron chi connectivity index (χ1n) is 7.40. The third kappa shape index (κ3) is 2.47. The first-order chi connectivity index (χ1) is 9.29. The molecule has 3 rings (SSSR count). The molecule has 0 saturated carbocycles. The molecule has 2 aliphatic rings. The van der Waals surface area contributed by atoms with Crippen molar-refractivity contribution in [2.75, 3.05) is 26.2 Å². The van der Waals surface area contributed by atoms with Crippen molar-refractivity contribution in [2.24, 2.45) is 11.8 Å². The molecule has 1 aromatic rings. The van der Waals surface area contributed by atoms with E-state index in [9.17, 15) is 4.79 Å². The Kier molecular flexibility index (Phi) is 3.71. The van der Waals surface area contributed by atoms with E-state index in [1.54, 1.807) is 12.1 Å². The minimum atomic E-state index is 0.108. The summed E-state index contributed by atoms with van der Waals surface area (Å²) in [5.41, 5.74) is 0.108. The Labute approximate surface area is 114 Å². The van der Waals surface area contributed by atoms with Crippen molar-refractivity contribution >= 4 is 0 Å². The molecule has 0 spiro atoms. The highest BCUT2D eigenvalue weighted by atomic mass is 16.1. The van der Waals surface area contributed by atoms with Gasteiger partial charge in [0.15, 0.2) is 0 Å². The monoisotopic (exact) mass is 261 g/mol. The van der Waals surface area contributed by atoms with E-state index in [0.717, 1.165) is 24.9 Å². The van der Waals surface area contributed by atoms with Gasteiger partial charge in [-0.25, -0.2) is 0 Å². The van der Waals surface area contributed by atoms with Gasteiger partial charge in [-0.2, -0.15) is 0 Å². The predicted octanol–water partition coefficient (Wildman–Crippen LogP) is 0.778. The number of fused-ring (bicyclic) bond motifs is 1. The number of rotatable bonds is 4. The summed E-state index contributed by atoms with van der Waals surface area (Å²) in [5, 5.41) is 3.51. The molecule has 4 heteroatoms. The van der Waals surface area contributed by atoms with Crippen LogP contribution in [0.1, 0.15) is 13.3 Å². The zero-order valence-electron chi connectivity index (χ0n) is 11.6. The molecule has 3 heterocycles. The van der Waals surface area contributed by atoms with Crippen LogP contribution in [0.3, 0.4) is 0 Å². The van der Waals surface area contributed by atoms with Crippen molar-refractivity contribution in [3.8, 4) is 0 Å². The van der Waals surface area contributed by atoms with Gasteiger partial charge in [-0.15, -0.1) is 0 Å². The normalized spacial score (nSPS) is 30.7. The molecule has 0 aliphatic carbocycles. The van der Waals surface area contributed by atoms with Crippen molar-refractivity contribution in [2.45, 2.75) is 25.9 Å². The second kappa shape index (κ2) is 5.47. The lowest BCUT2D eigenvalue weighted by molar-refractivity contribution is 0.210. The highest BCUT2D eigenvalue weighted by Crippen LogP contribution is 2.33. The van der Waals surface area contributed by atoms with Crippen molar-refractivity contribution in [1.29, 1.82) is 0 Å². The molecule has 2 aliphatic heterocycles. The quantitative estimate of drug-likeness (QED) is 0.870. The zero-order valence-corrected chi connectivity index (χ0v) is 11.6. The lowest BCUT2D eigenvalue weighted by Crippen LogP contribution is -2.38. The molecule has 0 radical (unpaired) electrons. The van der Waals surface area contributed by atoms with Crippen LogP contribution in [0.15, 0.2) is 29.2 Å². The van der Waals surface area contributed by atoms with Crippen LogP contribution in [0, 0.1) is 11.8 Å². The first-order valence-corrected chi connectivity index (χ1v) is 7.40. The van der Waals surface area contributed by atoms with Gasteiger partial charge >= 0.3 is 0 Å². The third-order valence-corrected chi connectivity index (χ3v) is 4.77. The first kappa shape index (κ1) is 12.9. The van der Waals surface area contributed by atoms with E-state index in [2.05, 4.69) is 17.1 Å². The minimum Gasteiger partial charge on any atom is -0.316 e. The van der Waals surface area contributed by atoms with Crippen LogP contribution in [0.5, 0.6) is 0 Å².